The van der Waals surface area contributed by atoms with Crippen LogP contribution >= 0.6 is 0 Å². The van der Waals surface area contributed by atoms with E-state index in [9.17, 15) is 9.90 Å². The average molecular weight is 306 g/mol. The number of benzene rings is 1. The molecule has 1 fully saturated rings. The molecule has 2 atom stereocenters. The third-order valence-corrected chi connectivity index (χ3v) is 4.16. The molecule has 5 nitrogen and oxygen atoms in total. The Hall–Kier alpha value is -1.59. The minimum atomic E-state index is -0.683. The molecule has 0 saturated heterocycles. The molecule has 0 aromatic heterocycles. The van der Waals surface area contributed by atoms with Gasteiger partial charge in [0.05, 0.1) is 18.8 Å². The Labute approximate surface area is 132 Å². The second-order valence-corrected chi connectivity index (χ2v) is 5.96. The second kappa shape index (κ2) is 8.76. The number of hydrogen-bond acceptors (Lipinski definition) is 3. The number of ether oxygens (including phenoxy) is 1. The highest BCUT2D eigenvalue weighted by Crippen LogP contribution is 2.34. The van der Waals surface area contributed by atoms with Crippen molar-refractivity contribution in [2.75, 3.05) is 20.3 Å². The predicted octanol–water partition coefficient (Wildman–Crippen LogP) is 2.22. The Kier molecular flexibility index (Phi) is 6.68. The van der Waals surface area contributed by atoms with Crippen molar-refractivity contribution in [2.45, 2.75) is 37.8 Å². The molecule has 22 heavy (non-hydrogen) atoms. The molecule has 1 aliphatic carbocycles. The number of nitrogens with one attached hydrogen (secondary N) is 2. The maximum atomic E-state index is 12.0. The van der Waals surface area contributed by atoms with Crippen molar-refractivity contribution < 1.29 is 14.6 Å². The third kappa shape index (κ3) is 5.31. The van der Waals surface area contributed by atoms with Crippen molar-refractivity contribution >= 4 is 6.03 Å². The zero-order valence-corrected chi connectivity index (χ0v) is 13.1. The van der Waals surface area contributed by atoms with Gasteiger partial charge in [0.25, 0.3) is 0 Å². The number of carbonyl (C=O) groups excluding carboxylic acids is 1. The molecule has 1 saturated carbocycles. The molecule has 1 aromatic rings. The van der Waals surface area contributed by atoms with E-state index in [-0.39, 0.29) is 25.2 Å². The zero-order valence-electron chi connectivity index (χ0n) is 13.1. The van der Waals surface area contributed by atoms with Gasteiger partial charge in [-0.3, -0.25) is 0 Å². The first-order valence-corrected chi connectivity index (χ1v) is 7.95. The van der Waals surface area contributed by atoms with Gasteiger partial charge in [0.2, 0.25) is 0 Å². The minimum Gasteiger partial charge on any atom is -0.389 e. The topological polar surface area (TPSA) is 70.6 Å². The number of aliphatic hydroxyl groups excluding tert-OH is 1. The maximum Gasteiger partial charge on any atom is 0.315 e. The SMILES string of the molecule is COCC(O)CNC(=O)NC(CC1CCC1)c1ccccc1. The standard InChI is InChI=1S/C17H26N2O3/c1-22-12-15(20)11-18-17(21)19-16(10-13-6-5-7-13)14-8-3-2-4-9-14/h2-4,8-9,13,15-16,20H,5-7,10-12H2,1H3,(H2,18,19,21). The van der Waals surface area contributed by atoms with Crippen LogP contribution in [0.3, 0.4) is 0 Å². The minimum absolute atomic E-state index is 0.0195. The van der Waals surface area contributed by atoms with Crippen LogP contribution in [0.15, 0.2) is 30.3 Å². The van der Waals surface area contributed by atoms with Crippen molar-refractivity contribution in [1.29, 1.82) is 0 Å². The average Bonchev–Trinajstić information content (AvgIpc) is 2.48. The molecular formula is C17H26N2O3. The van der Waals surface area contributed by atoms with Crippen LogP contribution in [0.4, 0.5) is 4.79 Å². The summed E-state index contributed by atoms with van der Waals surface area (Å²) in [6.07, 6.45) is 4.08. The van der Waals surface area contributed by atoms with Gasteiger partial charge in [-0.15, -0.1) is 0 Å². The quantitative estimate of drug-likeness (QED) is 0.690. The first kappa shape index (κ1) is 16.8. The number of hydrogen-bond donors (Lipinski definition) is 3. The largest absolute Gasteiger partial charge is 0.389 e. The van der Waals surface area contributed by atoms with Crippen LogP contribution in [0.1, 0.15) is 37.3 Å². The van der Waals surface area contributed by atoms with Crippen LogP contribution in [0.5, 0.6) is 0 Å². The van der Waals surface area contributed by atoms with Gasteiger partial charge in [0.15, 0.2) is 0 Å². The number of aliphatic hydroxyl groups is 1. The van der Waals surface area contributed by atoms with Gasteiger partial charge in [-0.25, -0.2) is 4.79 Å². The molecule has 2 unspecified atom stereocenters. The first-order chi connectivity index (χ1) is 10.7. The Morgan fingerprint density at radius 3 is 2.68 bits per heavy atom. The van der Waals surface area contributed by atoms with Gasteiger partial charge in [-0.1, -0.05) is 49.6 Å². The highest BCUT2D eigenvalue weighted by Gasteiger charge is 2.24. The Morgan fingerprint density at radius 2 is 2.09 bits per heavy atom. The lowest BCUT2D eigenvalue weighted by molar-refractivity contribution is 0.0658. The van der Waals surface area contributed by atoms with E-state index in [0.29, 0.717) is 5.92 Å². The van der Waals surface area contributed by atoms with Crippen molar-refractivity contribution in [1.82, 2.24) is 10.6 Å². The monoisotopic (exact) mass is 306 g/mol. The molecule has 1 aromatic carbocycles. The summed E-state index contributed by atoms with van der Waals surface area (Å²) >= 11 is 0. The van der Waals surface area contributed by atoms with Gasteiger partial charge >= 0.3 is 6.03 Å². The number of amides is 2. The molecule has 0 bridgehead atoms. The maximum absolute atomic E-state index is 12.0. The van der Waals surface area contributed by atoms with Crippen LogP contribution in [0, 0.1) is 5.92 Å². The highest BCUT2D eigenvalue weighted by molar-refractivity contribution is 5.74. The lowest BCUT2D eigenvalue weighted by Crippen LogP contribution is -2.42. The third-order valence-electron chi connectivity index (χ3n) is 4.16. The fourth-order valence-corrected chi connectivity index (χ4v) is 2.70. The first-order valence-electron chi connectivity index (χ1n) is 7.95. The summed E-state index contributed by atoms with van der Waals surface area (Å²) < 4.78 is 4.84. The van der Waals surface area contributed by atoms with Crippen LogP contribution in [-0.4, -0.2) is 37.5 Å². The molecule has 0 spiro atoms. The molecule has 2 amide bonds. The van der Waals surface area contributed by atoms with Crippen molar-refractivity contribution in [3.05, 3.63) is 35.9 Å². The van der Waals surface area contributed by atoms with Crippen LogP contribution < -0.4 is 10.6 Å². The molecule has 5 heteroatoms. The summed E-state index contributed by atoms with van der Waals surface area (Å²) in [5.41, 5.74) is 1.13. The van der Waals surface area contributed by atoms with Gasteiger partial charge < -0.3 is 20.5 Å². The molecule has 0 aliphatic heterocycles. The van der Waals surface area contributed by atoms with Crippen LogP contribution in [-0.2, 0) is 4.74 Å². The van der Waals surface area contributed by atoms with Crippen molar-refractivity contribution in [3.8, 4) is 0 Å². The van der Waals surface area contributed by atoms with Crippen LogP contribution in [0.2, 0.25) is 0 Å². The van der Waals surface area contributed by atoms with E-state index in [4.69, 9.17) is 4.74 Å². The van der Waals surface area contributed by atoms with Crippen LogP contribution in [0.25, 0.3) is 0 Å². The van der Waals surface area contributed by atoms with Gasteiger partial charge in [0.1, 0.15) is 0 Å². The molecule has 1 aliphatic rings. The summed E-state index contributed by atoms with van der Waals surface area (Å²) in [6.45, 7) is 0.398. The molecule has 0 heterocycles. The summed E-state index contributed by atoms with van der Waals surface area (Å²) in [6, 6.07) is 9.82. The van der Waals surface area contributed by atoms with Gasteiger partial charge in [0, 0.05) is 13.7 Å². The Morgan fingerprint density at radius 1 is 1.36 bits per heavy atom. The molecule has 3 N–H and O–H groups in total. The molecular weight excluding hydrogens is 280 g/mol. The fraction of sp³-hybridized carbons (Fsp3) is 0.588. The Balaban J connectivity index is 1.86. The number of carbonyl (C=O) groups is 1. The number of methoxy groups -OCH3 is 1. The molecule has 122 valence electrons. The predicted molar refractivity (Wildman–Crippen MR) is 85.6 cm³/mol. The van der Waals surface area contributed by atoms with E-state index in [1.807, 2.05) is 30.3 Å². The fourth-order valence-electron chi connectivity index (χ4n) is 2.70. The van der Waals surface area contributed by atoms with E-state index in [1.165, 1.54) is 26.4 Å². The summed E-state index contributed by atoms with van der Waals surface area (Å²) in [7, 11) is 1.52. The van der Waals surface area contributed by atoms with Gasteiger partial charge in [-0.05, 0) is 17.9 Å². The smallest absolute Gasteiger partial charge is 0.315 e. The zero-order chi connectivity index (χ0) is 15.8. The summed E-state index contributed by atoms with van der Waals surface area (Å²) in [5.74, 6) is 0.699. The van der Waals surface area contributed by atoms with E-state index in [2.05, 4.69) is 10.6 Å². The Bertz CT molecular complexity index is 448. The van der Waals surface area contributed by atoms with E-state index >= 15 is 0 Å². The molecule has 2 rings (SSSR count). The van der Waals surface area contributed by atoms with Crippen molar-refractivity contribution in [3.63, 3.8) is 0 Å². The second-order valence-electron chi connectivity index (χ2n) is 5.96. The summed E-state index contributed by atoms with van der Waals surface area (Å²) in [5, 5.41) is 15.3. The normalized spacial score (nSPS) is 17.4. The lowest BCUT2D eigenvalue weighted by atomic mass is 9.79. The van der Waals surface area contributed by atoms with Gasteiger partial charge in [-0.2, -0.15) is 0 Å². The number of rotatable bonds is 8. The van der Waals surface area contributed by atoms with Crippen molar-refractivity contribution in [2.24, 2.45) is 5.92 Å². The van der Waals surface area contributed by atoms with E-state index in [1.54, 1.807) is 0 Å². The van der Waals surface area contributed by atoms with E-state index < -0.39 is 6.10 Å². The molecule has 0 radical (unpaired) electrons. The number of urea groups is 1. The highest BCUT2D eigenvalue weighted by atomic mass is 16.5. The lowest BCUT2D eigenvalue weighted by Gasteiger charge is -2.30. The summed E-state index contributed by atoms with van der Waals surface area (Å²) in [4.78, 5) is 12.0. The van der Waals surface area contributed by atoms with E-state index in [0.717, 1.165) is 12.0 Å².